The zero-order chi connectivity index (χ0) is 13.2. The van der Waals surface area contributed by atoms with Crippen LogP contribution in [0.1, 0.15) is 30.7 Å². The molecule has 1 aliphatic rings. The lowest BCUT2D eigenvalue weighted by molar-refractivity contribution is 0.317. The van der Waals surface area contributed by atoms with Crippen LogP contribution in [0.25, 0.3) is 0 Å². The van der Waals surface area contributed by atoms with Gasteiger partial charge in [-0.2, -0.15) is 0 Å². The smallest absolute Gasteiger partial charge is 0.222 e. The van der Waals surface area contributed by atoms with Gasteiger partial charge in [0.1, 0.15) is 5.25 Å². The highest BCUT2D eigenvalue weighted by Crippen LogP contribution is 2.25. The molecule has 8 heteroatoms. The van der Waals surface area contributed by atoms with Gasteiger partial charge in [0.05, 0.1) is 5.69 Å². The summed E-state index contributed by atoms with van der Waals surface area (Å²) < 4.78 is 26.3. The maximum atomic E-state index is 12.4. The van der Waals surface area contributed by atoms with Crippen molar-refractivity contribution in [1.29, 1.82) is 0 Å². The summed E-state index contributed by atoms with van der Waals surface area (Å²) in [5.41, 5.74) is 6.26. The van der Waals surface area contributed by atoms with E-state index in [1.807, 2.05) is 0 Å². The number of rotatable bonds is 3. The van der Waals surface area contributed by atoms with Crippen LogP contribution in [0, 0.1) is 0 Å². The Bertz CT molecular complexity index is 489. The molecule has 0 bridgehead atoms. The first-order valence-corrected chi connectivity index (χ1v) is 7.52. The summed E-state index contributed by atoms with van der Waals surface area (Å²) in [6.45, 7) is 2.64. The highest BCUT2D eigenvalue weighted by Gasteiger charge is 2.33. The van der Waals surface area contributed by atoms with E-state index in [1.54, 1.807) is 6.92 Å². The summed E-state index contributed by atoms with van der Waals surface area (Å²) in [5, 5.41) is -0.666. The molecule has 2 heterocycles. The molecule has 1 unspecified atom stereocenters. The molecular weight excluding hydrogens is 288 g/mol. The Labute approximate surface area is 119 Å². The maximum Gasteiger partial charge on any atom is 0.222 e. The zero-order valence-corrected chi connectivity index (χ0v) is 12.4. The van der Waals surface area contributed by atoms with Crippen LogP contribution in [-0.4, -0.2) is 41.8 Å². The fraction of sp³-hybridized carbons (Fsp3) is 0.636. The van der Waals surface area contributed by atoms with Crippen molar-refractivity contribution in [2.24, 2.45) is 5.73 Å². The average molecular weight is 307 g/mol. The van der Waals surface area contributed by atoms with Crippen LogP contribution >= 0.6 is 12.4 Å². The molecule has 0 amide bonds. The molecule has 0 spiro atoms. The summed E-state index contributed by atoms with van der Waals surface area (Å²) in [5.74, 6) is 0. The van der Waals surface area contributed by atoms with Crippen molar-refractivity contribution in [2.75, 3.05) is 13.1 Å². The monoisotopic (exact) mass is 306 g/mol. The van der Waals surface area contributed by atoms with Crippen molar-refractivity contribution < 1.29 is 8.42 Å². The number of aromatic nitrogens is 2. The number of halogens is 1. The summed E-state index contributed by atoms with van der Waals surface area (Å²) in [4.78, 5) is 7.97. The predicted octanol–water partition coefficient (Wildman–Crippen LogP) is 0.712. The molecule has 1 aromatic heterocycles. The van der Waals surface area contributed by atoms with Crippen LogP contribution < -0.4 is 5.73 Å². The van der Waals surface area contributed by atoms with Gasteiger partial charge < -0.3 is 5.73 Å². The average Bonchev–Trinajstić information content (AvgIpc) is 2.39. The van der Waals surface area contributed by atoms with Gasteiger partial charge in [0.25, 0.3) is 0 Å². The molecule has 2 rings (SSSR count). The molecule has 0 aliphatic carbocycles. The van der Waals surface area contributed by atoms with E-state index in [-0.39, 0.29) is 18.4 Å². The van der Waals surface area contributed by atoms with E-state index in [0.29, 0.717) is 31.6 Å². The molecule has 0 saturated carbocycles. The molecule has 0 aromatic carbocycles. The number of sulfonamides is 1. The van der Waals surface area contributed by atoms with Crippen LogP contribution in [-0.2, 0) is 10.0 Å². The molecular formula is C11H19ClN4O2S. The number of hydrogen-bond acceptors (Lipinski definition) is 5. The van der Waals surface area contributed by atoms with E-state index in [4.69, 9.17) is 5.73 Å². The van der Waals surface area contributed by atoms with Gasteiger partial charge in [-0.05, 0) is 19.8 Å². The zero-order valence-electron chi connectivity index (χ0n) is 10.8. The van der Waals surface area contributed by atoms with Crippen molar-refractivity contribution in [2.45, 2.75) is 31.1 Å². The number of piperidine rings is 1. The molecule has 19 heavy (non-hydrogen) atoms. The lowest BCUT2D eigenvalue weighted by atomic mass is 10.1. The Morgan fingerprint density at radius 2 is 2.00 bits per heavy atom. The fourth-order valence-corrected chi connectivity index (χ4v) is 3.62. The molecule has 1 saturated heterocycles. The molecule has 108 valence electrons. The lowest BCUT2D eigenvalue weighted by Gasteiger charge is -2.31. The first-order valence-electron chi connectivity index (χ1n) is 6.02. The summed E-state index contributed by atoms with van der Waals surface area (Å²) in [7, 11) is -3.36. The third-order valence-electron chi connectivity index (χ3n) is 3.30. The Balaban J connectivity index is 0.00000180. The van der Waals surface area contributed by atoms with E-state index in [2.05, 4.69) is 9.97 Å². The van der Waals surface area contributed by atoms with Gasteiger partial charge in [-0.1, -0.05) is 0 Å². The van der Waals surface area contributed by atoms with Gasteiger partial charge in [0.15, 0.2) is 0 Å². The van der Waals surface area contributed by atoms with Gasteiger partial charge in [0.2, 0.25) is 10.0 Å². The number of nitrogens with zero attached hydrogens (tertiary/aromatic N) is 3. The molecule has 1 atom stereocenters. The van der Waals surface area contributed by atoms with Crippen molar-refractivity contribution in [3.8, 4) is 0 Å². The van der Waals surface area contributed by atoms with Crippen LogP contribution in [0.2, 0.25) is 0 Å². The van der Waals surface area contributed by atoms with Crippen molar-refractivity contribution in [3.63, 3.8) is 0 Å². The largest absolute Gasteiger partial charge is 0.328 e. The first kappa shape index (κ1) is 16.3. The third kappa shape index (κ3) is 3.62. The topological polar surface area (TPSA) is 89.2 Å². The predicted molar refractivity (Wildman–Crippen MR) is 75.4 cm³/mol. The summed E-state index contributed by atoms with van der Waals surface area (Å²) in [6.07, 6.45) is 5.97. The van der Waals surface area contributed by atoms with E-state index in [1.165, 1.54) is 22.9 Å². The Morgan fingerprint density at radius 1 is 1.37 bits per heavy atom. The minimum atomic E-state index is -3.36. The second kappa shape index (κ2) is 6.60. The molecule has 1 aromatic rings. The lowest BCUT2D eigenvalue weighted by Crippen LogP contribution is -2.44. The number of hydrogen-bond donors (Lipinski definition) is 1. The third-order valence-corrected chi connectivity index (χ3v) is 5.52. The Kier molecular flexibility index (Phi) is 5.66. The maximum absolute atomic E-state index is 12.4. The standard InChI is InChI=1S/C11H18N4O2S.ClH/c1-9(11-8-13-4-5-14-11)18(16,17)15-6-2-10(12)3-7-15;/h4-5,8-10H,2-3,6-7,12H2,1H3;1H. The van der Waals surface area contributed by atoms with Gasteiger partial charge in [0, 0.05) is 37.7 Å². The van der Waals surface area contributed by atoms with Crippen molar-refractivity contribution in [3.05, 3.63) is 24.3 Å². The van der Waals surface area contributed by atoms with Gasteiger partial charge in [-0.25, -0.2) is 12.7 Å². The normalized spacial score (nSPS) is 19.7. The molecule has 1 aliphatic heterocycles. The van der Waals surface area contributed by atoms with E-state index < -0.39 is 15.3 Å². The van der Waals surface area contributed by atoms with Crippen LogP contribution in [0.4, 0.5) is 0 Å². The van der Waals surface area contributed by atoms with Gasteiger partial charge in [-0.3, -0.25) is 9.97 Å². The molecule has 6 nitrogen and oxygen atoms in total. The minimum absolute atomic E-state index is 0. The molecule has 2 N–H and O–H groups in total. The quantitative estimate of drug-likeness (QED) is 0.888. The van der Waals surface area contributed by atoms with Gasteiger partial charge in [-0.15, -0.1) is 12.4 Å². The van der Waals surface area contributed by atoms with Crippen molar-refractivity contribution in [1.82, 2.24) is 14.3 Å². The SMILES string of the molecule is CC(c1cnccn1)S(=O)(=O)N1CCC(N)CC1.Cl. The fourth-order valence-electron chi connectivity index (χ4n) is 2.03. The molecule has 1 fully saturated rings. The Hall–Kier alpha value is -0.760. The Morgan fingerprint density at radius 3 is 2.53 bits per heavy atom. The minimum Gasteiger partial charge on any atom is -0.328 e. The number of nitrogens with two attached hydrogens (primary N) is 1. The summed E-state index contributed by atoms with van der Waals surface area (Å²) >= 11 is 0. The van der Waals surface area contributed by atoms with E-state index >= 15 is 0 Å². The van der Waals surface area contributed by atoms with E-state index in [9.17, 15) is 8.42 Å². The summed E-state index contributed by atoms with van der Waals surface area (Å²) in [6, 6.07) is 0.114. The first-order chi connectivity index (χ1) is 8.51. The van der Waals surface area contributed by atoms with Gasteiger partial charge >= 0.3 is 0 Å². The second-order valence-electron chi connectivity index (χ2n) is 4.55. The second-order valence-corrected chi connectivity index (χ2v) is 6.81. The highest BCUT2D eigenvalue weighted by molar-refractivity contribution is 7.89. The van der Waals surface area contributed by atoms with Crippen LogP contribution in [0.3, 0.4) is 0 Å². The van der Waals surface area contributed by atoms with Crippen LogP contribution in [0.5, 0.6) is 0 Å². The molecule has 0 radical (unpaired) electrons. The van der Waals surface area contributed by atoms with Crippen LogP contribution in [0.15, 0.2) is 18.6 Å². The van der Waals surface area contributed by atoms with Crippen molar-refractivity contribution >= 4 is 22.4 Å². The highest BCUT2D eigenvalue weighted by atomic mass is 35.5. The van der Waals surface area contributed by atoms with E-state index in [0.717, 1.165) is 0 Å².